The summed E-state index contributed by atoms with van der Waals surface area (Å²) in [6.45, 7) is 4.86. The maximum Gasteiger partial charge on any atom is 0.329 e. The molecule has 0 heterocycles. The lowest BCUT2D eigenvalue weighted by molar-refractivity contribution is -0.384. The molecule has 0 aliphatic rings. The molecule has 9 heteroatoms. The standard InChI is InChI=1S/C21H23N3O6/c1-13(2)18(23-20(26)15-8-5-4-6-9-15)21(27)30-14(3)19(25)22-16-10-7-11-17(12-16)24(28)29/h4-14,18H,1-3H3,(H,22,25)(H,23,26)/t14-,18+/m0/s1. The van der Waals surface area contributed by atoms with Crippen molar-refractivity contribution in [2.45, 2.75) is 32.9 Å². The number of nitrogens with one attached hydrogen (secondary N) is 2. The van der Waals surface area contributed by atoms with E-state index in [-0.39, 0.29) is 17.3 Å². The van der Waals surface area contributed by atoms with E-state index in [1.54, 1.807) is 44.2 Å². The number of ether oxygens (including phenoxy) is 1. The summed E-state index contributed by atoms with van der Waals surface area (Å²) < 4.78 is 5.22. The fourth-order valence-electron chi connectivity index (χ4n) is 2.55. The molecular formula is C21H23N3O6. The van der Waals surface area contributed by atoms with Crippen molar-refractivity contribution >= 4 is 29.2 Å². The van der Waals surface area contributed by atoms with Gasteiger partial charge in [-0.05, 0) is 31.0 Å². The van der Waals surface area contributed by atoms with Gasteiger partial charge in [0.1, 0.15) is 6.04 Å². The van der Waals surface area contributed by atoms with E-state index in [2.05, 4.69) is 10.6 Å². The summed E-state index contributed by atoms with van der Waals surface area (Å²) in [5.41, 5.74) is 0.420. The van der Waals surface area contributed by atoms with Gasteiger partial charge in [-0.2, -0.15) is 0 Å². The molecule has 30 heavy (non-hydrogen) atoms. The first-order valence-corrected chi connectivity index (χ1v) is 9.30. The van der Waals surface area contributed by atoms with Crippen LogP contribution in [0.3, 0.4) is 0 Å². The molecule has 0 saturated carbocycles. The van der Waals surface area contributed by atoms with Gasteiger partial charge in [-0.3, -0.25) is 19.7 Å². The number of hydrogen-bond acceptors (Lipinski definition) is 6. The van der Waals surface area contributed by atoms with E-state index in [4.69, 9.17) is 4.74 Å². The van der Waals surface area contributed by atoms with E-state index >= 15 is 0 Å². The minimum absolute atomic E-state index is 0.180. The van der Waals surface area contributed by atoms with Crippen molar-refractivity contribution in [2.75, 3.05) is 5.32 Å². The van der Waals surface area contributed by atoms with Gasteiger partial charge in [0.2, 0.25) is 0 Å². The number of rotatable bonds is 8. The molecule has 0 radical (unpaired) electrons. The van der Waals surface area contributed by atoms with E-state index < -0.39 is 34.9 Å². The number of hydrogen-bond donors (Lipinski definition) is 2. The Kier molecular flexibility index (Phi) is 7.62. The third kappa shape index (κ3) is 6.13. The normalized spacial score (nSPS) is 12.5. The molecular weight excluding hydrogens is 390 g/mol. The Morgan fingerprint density at radius 3 is 2.27 bits per heavy atom. The number of nitro benzene ring substituents is 1. The summed E-state index contributed by atoms with van der Waals surface area (Å²) in [4.78, 5) is 47.5. The second-order valence-electron chi connectivity index (χ2n) is 6.94. The van der Waals surface area contributed by atoms with Crippen LogP contribution >= 0.6 is 0 Å². The zero-order valence-electron chi connectivity index (χ0n) is 16.8. The predicted molar refractivity (Wildman–Crippen MR) is 110 cm³/mol. The van der Waals surface area contributed by atoms with Crippen molar-refractivity contribution in [1.29, 1.82) is 0 Å². The van der Waals surface area contributed by atoms with Crippen molar-refractivity contribution in [3.63, 3.8) is 0 Å². The summed E-state index contributed by atoms with van der Waals surface area (Å²) in [7, 11) is 0. The van der Waals surface area contributed by atoms with Crippen LogP contribution in [0.15, 0.2) is 54.6 Å². The quantitative estimate of drug-likeness (QED) is 0.389. The van der Waals surface area contributed by atoms with Crippen LogP contribution in [0.1, 0.15) is 31.1 Å². The summed E-state index contributed by atoms with van der Waals surface area (Å²) in [5.74, 6) is -2.12. The van der Waals surface area contributed by atoms with Crippen LogP contribution in [-0.4, -0.2) is 34.9 Å². The third-order valence-electron chi connectivity index (χ3n) is 4.23. The zero-order chi connectivity index (χ0) is 22.3. The molecule has 2 N–H and O–H groups in total. The minimum Gasteiger partial charge on any atom is -0.451 e. The first-order chi connectivity index (χ1) is 14.2. The Morgan fingerprint density at radius 1 is 1.00 bits per heavy atom. The van der Waals surface area contributed by atoms with Crippen molar-refractivity contribution < 1.29 is 24.0 Å². The van der Waals surface area contributed by atoms with Gasteiger partial charge in [-0.25, -0.2) is 4.79 Å². The highest BCUT2D eigenvalue weighted by Crippen LogP contribution is 2.17. The molecule has 0 fully saturated rings. The molecule has 9 nitrogen and oxygen atoms in total. The number of carbonyl (C=O) groups excluding carboxylic acids is 3. The lowest BCUT2D eigenvalue weighted by Crippen LogP contribution is -2.47. The predicted octanol–water partition coefficient (Wildman–Crippen LogP) is 2.92. The summed E-state index contributed by atoms with van der Waals surface area (Å²) >= 11 is 0. The fraction of sp³-hybridized carbons (Fsp3) is 0.286. The number of benzene rings is 2. The number of carbonyl (C=O) groups is 3. The van der Waals surface area contributed by atoms with Gasteiger partial charge < -0.3 is 15.4 Å². The smallest absolute Gasteiger partial charge is 0.329 e. The van der Waals surface area contributed by atoms with Gasteiger partial charge in [0.25, 0.3) is 17.5 Å². The highest BCUT2D eigenvalue weighted by molar-refractivity contribution is 5.98. The topological polar surface area (TPSA) is 128 Å². The molecule has 2 amide bonds. The largest absolute Gasteiger partial charge is 0.451 e. The second kappa shape index (κ2) is 10.1. The molecule has 0 unspecified atom stereocenters. The van der Waals surface area contributed by atoms with E-state index in [1.807, 2.05) is 0 Å². The van der Waals surface area contributed by atoms with Gasteiger partial charge in [0.05, 0.1) is 4.92 Å². The maximum atomic E-state index is 12.6. The number of nitrogens with zero attached hydrogens (tertiary/aromatic N) is 1. The molecule has 2 rings (SSSR count). The van der Waals surface area contributed by atoms with Crippen LogP contribution < -0.4 is 10.6 Å². The van der Waals surface area contributed by atoms with Crippen molar-refractivity contribution in [1.82, 2.24) is 5.32 Å². The number of anilines is 1. The average Bonchev–Trinajstić information content (AvgIpc) is 2.72. The van der Waals surface area contributed by atoms with Gasteiger partial charge in [-0.15, -0.1) is 0 Å². The van der Waals surface area contributed by atoms with Crippen LogP contribution in [0.5, 0.6) is 0 Å². The highest BCUT2D eigenvalue weighted by Gasteiger charge is 2.29. The lowest BCUT2D eigenvalue weighted by Gasteiger charge is -2.23. The van der Waals surface area contributed by atoms with E-state index in [0.717, 1.165) is 0 Å². The molecule has 0 saturated heterocycles. The second-order valence-corrected chi connectivity index (χ2v) is 6.94. The summed E-state index contributed by atoms with van der Waals surface area (Å²) in [6.07, 6.45) is -1.17. The molecule has 2 aromatic rings. The highest BCUT2D eigenvalue weighted by atomic mass is 16.6. The van der Waals surface area contributed by atoms with Crippen molar-refractivity contribution in [3.05, 3.63) is 70.3 Å². The zero-order valence-corrected chi connectivity index (χ0v) is 16.8. The van der Waals surface area contributed by atoms with Gasteiger partial charge in [-0.1, -0.05) is 38.1 Å². The van der Waals surface area contributed by atoms with Crippen LogP contribution in [0.2, 0.25) is 0 Å². The molecule has 0 aliphatic heterocycles. The van der Waals surface area contributed by atoms with Crippen LogP contribution in [0.25, 0.3) is 0 Å². The van der Waals surface area contributed by atoms with Crippen LogP contribution in [0.4, 0.5) is 11.4 Å². The molecule has 2 aromatic carbocycles. The Bertz CT molecular complexity index is 929. The van der Waals surface area contributed by atoms with Gasteiger partial charge in [0, 0.05) is 23.4 Å². The Labute approximate surface area is 173 Å². The molecule has 0 bridgehead atoms. The van der Waals surface area contributed by atoms with Crippen molar-refractivity contribution in [3.8, 4) is 0 Å². The first kappa shape index (κ1) is 22.5. The number of esters is 1. The molecule has 2 atom stereocenters. The molecule has 158 valence electrons. The van der Waals surface area contributed by atoms with Gasteiger partial charge in [0.15, 0.2) is 6.10 Å². The number of nitro groups is 1. The van der Waals surface area contributed by atoms with E-state index in [0.29, 0.717) is 5.56 Å². The average molecular weight is 413 g/mol. The number of amides is 2. The number of non-ortho nitro benzene ring substituents is 1. The monoisotopic (exact) mass is 413 g/mol. The van der Waals surface area contributed by atoms with E-state index in [9.17, 15) is 24.5 Å². The van der Waals surface area contributed by atoms with Crippen LogP contribution in [0, 0.1) is 16.0 Å². The molecule has 0 aliphatic carbocycles. The van der Waals surface area contributed by atoms with Gasteiger partial charge >= 0.3 is 5.97 Å². The minimum atomic E-state index is -1.17. The van der Waals surface area contributed by atoms with E-state index in [1.165, 1.54) is 31.2 Å². The Morgan fingerprint density at radius 2 is 1.67 bits per heavy atom. The Hall–Kier alpha value is -3.75. The SMILES string of the molecule is CC(C)[C@@H](NC(=O)c1ccccc1)C(=O)O[C@@H](C)C(=O)Nc1cccc([N+](=O)[O-])c1. The van der Waals surface area contributed by atoms with Crippen LogP contribution in [-0.2, 0) is 14.3 Å². The molecule has 0 spiro atoms. The van der Waals surface area contributed by atoms with Crippen molar-refractivity contribution in [2.24, 2.45) is 5.92 Å². The molecule has 0 aromatic heterocycles. The summed E-state index contributed by atoms with van der Waals surface area (Å²) in [5, 5.41) is 15.9. The third-order valence-corrected chi connectivity index (χ3v) is 4.23. The maximum absolute atomic E-state index is 12.6. The first-order valence-electron chi connectivity index (χ1n) is 9.30. The lowest BCUT2D eigenvalue weighted by atomic mass is 10.0. The summed E-state index contributed by atoms with van der Waals surface area (Å²) in [6, 6.07) is 12.9. The fourth-order valence-corrected chi connectivity index (χ4v) is 2.55. The Balaban J connectivity index is 2.00.